The molecule has 0 aromatic heterocycles. The van der Waals surface area contributed by atoms with Crippen LogP contribution in [0, 0.1) is 5.82 Å². The Morgan fingerprint density at radius 3 is 2.39 bits per heavy atom. The molecule has 4 amide bonds. The van der Waals surface area contributed by atoms with Crippen molar-refractivity contribution >= 4 is 40.3 Å². The minimum Gasteiger partial charge on any atom is -0.423 e. The highest BCUT2D eigenvalue weighted by Crippen LogP contribution is 2.41. The second-order valence-corrected chi connectivity index (χ2v) is 10.9. The van der Waals surface area contributed by atoms with E-state index < -0.39 is 82.1 Å². The molecule has 38 heavy (non-hydrogen) atoms. The molecule has 2 atom stereocenters. The number of alkyl halides is 3. The van der Waals surface area contributed by atoms with Gasteiger partial charge in [-0.3, -0.25) is 14.5 Å². The van der Waals surface area contributed by atoms with Crippen LogP contribution in [0.2, 0.25) is 0 Å². The summed E-state index contributed by atoms with van der Waals surface area (Å²) in [5.74, 6) is -4.02. The highest BCUT2D eigenvalue weighted by Gasteiger charge is 2.60. The monoisotopic (exact) mass is 557 g/mol. The predicted octanol–water partition coefficient (Wildman–Crippen LogP) is 0.0195. The molecule has 2 heterocycles. The summed E-state index contributed by atoms with van der Waals surface area (Å²) < 4.78 is 79.5. The van der Waals surface area contributed by atoms with Crippen molar-refractivity contribution in [3.8, 4) is 0 Å². The summed E-state index contributed by atoms with van der Waals surface area (Å²) in [6, 6.07) is 4.00. The fourth-order valence-electron chi connectivity index (χ4n) is 4.43. The zero-order chi connectivity index (χ0) is 28.2. The number of nitrogens with zero attached hydrogens (tertiary/aromatic N) is 2. The third-order valence-corrected chi connectivity index (χ3v) is 8.32. The Balaban J connectivity index is 1.65. The number of sulfone groups is 1. The van der Waals surface area contributed by atoms with E-state index in [4.69, 9.17) is 0 Å². The molecule has 1 saturated heterocycles. The molecule has 16 heteroatoms. The standard InChI is InChI=1S/C22H20BF4N3O7S/c1-12(22(25,26)27)29(9-13-2-5-15(24)6-3-13)18(31)10-30-19(32)21(28-20(30)33)11-38(36,37)17-8-14(23(34)35)4-7-16(17)21/h2-8,12,34-35H,9-11H2,1H3,(H,28,33)/t12-,21?/m0/s1. The normalized spacial score (nSPS) is 20.9. The first-order valence-corrected chi connectivity index (χ1v) is 12.7. The van der Waals surface area contributed by atoms with Crippen LogP contribution in [-0.4, -0.2) is 77.7 Å². The predicted molar refractivity (Wildman–Crippen MR) is 123 cm³/mol. The number of fused-ring (bicyclic) bond motifs is 2. The van der Waals surface area contributed by atoms with Gasteiger partial charge in [0.1, 0.15) is 18.4 Å². The molecule has 2 aliphatic heterocycles. The van der Waals surface area contributed by atoms with Crippen LogP contribution in [-0.2, 0) is 31.5 Å². The highest BCUT2D eigenvalue weighted by molar-refractivity contribution is 7.92. The molecule has 202 valence electrons. The Labute approximate surface area is 213 Å². The smallest absolute Gasteiger partial charge is 0.423 e. The average Bonchev–Trinajstić information content (AvgIpc) is 3.20. The largest absolute Gasteiger partial charge is 0.488 e. The number of carbonyl (C=O) groups is 3. The highest BCUT2D eigenvalue weighted by atomic mass is 32.2. The van der Waals surface area contributed by atoms with Gasteiger partial charge < -0.3 is 20.3 Å². The maximum atomic E-state index is 13.6. The second-order valence-electron chi connectivity index (χ2n) is 8.98. The molecule has 0 saturated carbocycles. The maximum absolute atomic E-state index is 13.6. The lowest BCUT2D eigenvalue weighted by molar-refractivity contribution is -0.187. The third kappa shape index (κ3) is 4.74. The first-order chi connectivity index (χ1) is 17.6. The number of rotatable bonds is 6. The Hall–Kier alpha value is -3.50. The number of urea groups is 1. The fourth-order valence-corrected chi connectivity index (χ4v) is 6.40. The summed E-state index contributed by atoms with van der Waals surface area (Å²) in [5, 5.41) is 21.0. The van der Waals surface area contributed by atoms with Crippen molar-refractivity contribution in [1.29, 1.82) is 0 Å². The van der Waals surface area contributed by atoms with Gasteiger partial charge in [-0.15, -0.1) is 0 Å². The van der Waals surface area contributed by atoms with E-state index in [0.717, 1.165) is 30.3 Å². The van der Waals surface area contributed by atoms with Crippen LogP contribution in [0.3, 0.4) is 0 Å². The van der Waals surface area contributed by atoms with Crippen molar-refractivity contribution < 1.29 is 50.4 Å². The van der Waals surface area contributed by atoms with Gasteiger partial charge in [0.05, 0.1) is 10.6 Å². The van der Waals surface area contributed by atoms with Crippen LogP contribution in [0.15, 0.2) is 47.4 Å². The van der Waals surface area contributed by atoms with Gasteiger partial charge in [0.25, 0.3) is 5.91 Å². The van der Waals surface area contributed by atoms with Crippen molar-refractivity contribution in [2.75, 3.05) is 12.3 Å². The minimum atomic E-state index is -4.87. The lowest BCUT2D eigenvalue weighted by atomic mass is 9.78. The van der Waals surface area contributed by atoms with Crippen molar-refractivity contribution in [2.24, 2.45) is 0 Å². The second kappa shape index (κ2) is 9.36. The van der Waals surface area contributed by atoms with Crippen LogP contribution in [0.4, 0.5) is 22.4 Å². The molecular weight excluding hydrogens is 537 g/mol. The van der Waals surface area contributed by atoms with Gasteiger partial charge in [-0.05, 0) is 36.1 Å². The van der Waals surface area contributed by atoms with Crippen molar-refractivity contribution in [2.45, 2.75) is 36.1 Å². The van der Waals surface area contributed by atoms with E-state index in [1.165, 1.54) is 12.1 Å². The summed E-state index contributed by atoms with van der Waals surface area (Å²) in [4.78, 5) is 39.5. The topological polar surface area (TPSA) is 144 Å². The molecule has 10 nitrogen and oxygen atoms in total. The van der Waals surface area contributed by atoms with Crippen LogP contribution < -0.4 is 10.8 Å². The number of amides is 4. The van der Waals surface area contributed by atoms with E-state index in [2.05, 4.69) is 5.32 Å². The van der Waals surface area contributed by atoms with E-state index in [-0.39, 0.29) is 16.6 Å². The first-order valence-electron chi connectivity index (χ1n) is 11.0. The molecule has 4 rings (SSSR count). The number of hydrogen-bond acceptors (Lipinski definition) is 7. The third-order valence-electron chi connectivity index (χ3n) is 6.50. The summed E-state index contributed by atoms with van der Waals surface area (Å²) >= 11 is 0. The summed E-state index contributed by atoms with van der Waals surface area (Å²) in [6.07, 6.45) is -4.87. The van der Waals surface area contributed by atoms with Crippen LogP contribution >= 0.6 is 0 Å². The van der Waals surface area contributed by atoms with E-state index in [1.807, 2.05) is 0 Å². The molecule has 3 N–H and O–H groups in total. The Kier molecular flexibility index (Phi) is 6.78. The number of hydrogen-bond donors (Lipinski definition) is 3. The van der Waals surface area contributed by atoms with Crippen molar-refractivity contribution in [3.63, 3.8) is 0 Å². The number of halogens is 4. The lowest BCUT2D eigenvalue weighted by Crippen LogP contribution is -2.51. The van der Waals surface area contributed by atoms with Gasteiger partial charge in [-0.1, -0.05) is 24.3 Å². The van der Waals surface area contributed by atoms with Gasteiger partial charge in [-0.25, -0.2) is 17.6 Å². The Morgan fingerprint density at radius 1 is 1.18 bits per heavy atom. The molecule has 2 aromatic rings. The molecule has 0 bridgehead atoms. The van der Waals surface area contributed by atoms with E-state index >= 15 is 0 Å². The Bertz CT molecular complexity index is 1420. The van der Waals surface area contributed by atoms with E-state index in [0.29, 0.717) is 16.7 Å². The zero-order valence-electron chi connectivity index (χ0n) is 19.6. The maximum Gasteiger partial charge on any atom is 0.488 e. The molecule has 2 aliphatic rings. The number of carbonyl (C=O) groups excluding carboxylic acids is 3. The molecular formula is C22H20BF4N3O7S. The van der Waals surface area contributed by atoms with Crippen molar-refractivity contribution in [1.82, 2.24) is 15.1 Å². The van der Waals surface area contributed by atoms with E-state index in [9.17, 15) is 50.4 Å². The molecule has 1 fully saturated rings. The van der Waals surface area contributed by atoms with Crippen LogP contribution in [0.1, 0.15) is 18.1 Å². The van der Waals surface area contributed by atoms with Gasteiger partial charge in [0.15, 0.2) is 15.4 Å². The van der Waals surface area contributed by atoms with Crippen LogP contribution in [0.25, 0.3) is 0 Å². The van der Waals surface area contributed by atoms with Gasteiger partial charge in [0.2, 0.25) is 5.91 Å². The Morgan fingerprint density at radius 2 is 1.82 bits per heavy atom. The molecule has 2 aromatic carbocycles. The van der Waals surface area contributed by atoms with Gasteiger partial charge >= 0.3 is 19.3 Å². The SMILES string of the molecule is C[C@H](N(Cc1ccc(F)cc1)C(=O)CN1C(=O)NC2(CS(=O)(=O)c3cc(B(O)O)ccc32)C1=O)C(F)(F)F. The average molecular weight is 557 g/mol. The summed E-state index contributed by atoms with van der Waals surface area (Å²) in [5.41, 5.74) is -2.36. The van der Waals surface area contributed by atoms with Crippen LogP contribution in [0.5, 0.6) is 0 Å². The lowest BCUT2D eigenvalue weighted by Gasteiger charge is -2.32. The molecule has 1 spiro atoms. The molecule has 0 aliphatic carbocycles. The van der Waals surface area contributed by atoms with Crippen molar-refractivity contribution in [3.05, 3.63) is 59.4 Å². The summed E-state index contributed by atoms with van der Waals surface area (Å²) in [6.45, 7) is -1.03. The minimum absolute atomic E-state index is 0.155. The molecule has 0 radical (unpaired) electrons. The van der Waals surface area contributed by atoms with E-state index in [1.54, 1.807) is 0 Å². The number of imide groups is 1. The summed E-state index contributed by atoms with van der Waals surface area (Å²) in [7, 11) is -6.23. The van der Waals surface area contributed by atoms with Gasteiger partial charge in [0, 0.05) is 12.1 Å². The quantitative estimate of drug-likeness (QED) is 0.258. The number of benzene rings is 2. The molecule has 1 unspecified atom stereocenters. The zero-order valence-corrected chi connectivity index (χ0v) is 20.4. The fraction of sp³-hybridized carbons (Fsp3) is 0.318. The first kappa shape index (κ1) is 27.5. The van der Waals surface area contributed by atoms with Gasteiger partial charge in [-0.2, -0.15) is 13.2 Å². The number of nitrogens with one attached hydrogen (secondary N) is 1.